The van der Waals surface area contributed by atoms with E-state index >= 15 is 0 Å². The van der Waals surface area contributed by atoms with Gasteiger partial charge in [-0.1, -0.05) is 6.07 Å². The second-order valence-electron chi connectivity index (χ2n) is 7.25. The summed E-state index contributed by atoms with van der Waals surface area (Å²) in [5.74, 6) is -0.126. The van der Waals surface area contributed by atoms with Gasteiger partial charge in [0.15, 0.2) is 0 Å². The predicted molar refractivity (Wildman–Crippen MR) is 103 cm³/mol. The monoisotopic (exact) mass is 359 g/mol. The van der Waals surface area contributed by atoms with Crippen molar-refractivity contribution in [2.75, 3.05) is 56.9 Å². The lowest BCUT2D eigenvalue weighted by atomic mass is 10.0. The van der Waals surface area contributed by atoms with Crippen molar-refractivity contribution in [3.05, 3.63) is 24.3 Å². The molecule has 0 bridgehead atoms. The van der Waals surface area contributed by atoms with Crippen molar-refractivity contribution in [3.63, 3.8) is 0 Å². The SMILES string of the molecule is CC(=O)Nc1cccc(NC(=O)N2CCN(C3CCN(C)CC3)CC2)c1. The predicted octanol–water partition coefficient (Wildman–Crippen LogP) is 1.89. The fraction of sp³-hybridized carbons (Fsp3) is 0.579. The van der Waals surface area contributed by atoms with E-state index in [1.165, 1.54) is 19.8 Å². The van der Waals surface area contributed by atoms with Crippen LogP contribution in [0.5, 0.6) is 0 Å². The van der Waals surface area contributed by atoms with E-state index in [4.69, 9.17) is 0 Å². The number of rotatable bonds is 3. The molecule has 2 N–H and O–H groups in total. The molecule has 26 heavy (non-hydrogen) atoms. The van der Waals surface area contributed by atoms with Gasteiger partial charge in [-0.25, -0.2) is 4.79 Å². The molecule has 0 unspecified atom stereocenters. The van der Waals surface area contributed by atoms with Gasteiger partial charge in [0.1, 0.15) is 0 Å². The highest BCUT2D eigenvalue weighted by atomic mass is 16.2. The minimum absolute atomic E-state index is 0.0759. The van der Waals surface area contributed by atoms with E-state index in [-0.39, 0.29) is 11.9 Å². The molecule has 1 aromatic rings. The van der Waals surface area contributed by atoms with E-state index in [2.05, 4.69) is 27.5 Å². The van der Waals surface area contributed by atoms with Crippen LogP contribution in [0, 0.1) is 0 Å². The number of carbonyl (C=O) groups excluding carboxylic acids is 2. The molecule has 0 radical (unpaired) electrons. The number of urea groups is 1. The summed E-state index contributed by atoms with van der Waals surface area (Å²) in [6.07, 6.45) is 2.44. The van der Waals surface area contributed by atoms with Gasteiger partial charge in [-0.2, -0.15) is 0 Å². The third kappa shape index (κ3) is 4.95. The topological polar surface area (TPSA) is 67.9 Å². The van der Waals surface area contributed by atoms with Gasteiger partial charge in [0.25, 0.3) is 0 Å². The van der Waals surface area contributed by atoms with Gasteiger partial charge >= 0.3 is 6.03 Å². The lowest BCUT2D eigenvalue weighted by Gasteiger charge is -2.42. The van der Waals surface area contributed by atoms with Crippen molar-refractivity contribution in [3.8, 4) is 0 Å². The summed E-state index contributed by atoms with van der Waals surface area (Å²) in [4.78, 5) is 30.5. The maximum absolute atomic E-state index is 12.5. The maximum atomic E-state index is 12.5. The Morgan fingerprint density at radius 3 is 2.19 bits per heavy atom. The van der Waals surface area contributed by atoms with Gasteiger partial charge in [-0.3, -0.25) is 9.69 Å². The Kier molecular flexibility index (Phi) is 6.11. The van der Waals surface area contributed by atoms with E-state index in [1.807, 2.05) is 17.0 Å². The van der Waals surface area contributed by atoms with Gasteiger partial charge in [-0.05, 0) is 51.2 Å². The summed E-state index contributed by atoms with van der Waals surface area (Å²) in [5, 5.41) is 5.67. The van der Waals surface area contributed by atoms with Crippen molar-refractivity contribution >= 4 is 23.3 Å². The van der Waals surface area contributed by atoms with Crippen LogP contribution >= 0.6 is 0 Å². The van der Waals surface area contributed by atoms with Crippen molar-refractivity contribution in [2.24, 2.45) is 0 Å². The summed E-state index contributed by atoms with van der Waals surface area (Å²) in [6.45, 7) is 7.18. The van der Waals surface area contributed by atoms with Crippen molar-refractivity contribution in [1.29, 1.82) is 0 Å². The summed E-state index contributed by atoms with van der Waals surface area (Å²) in [6, 6.07) is 7.81. The van der Waals surface area contributed by atoms with Gasteiger partial charge in [0.05, 0.1) is 0 Å². The highest BCUT2D eigenvalue weighted by Crippen LogP contribution is 2.19. The van der Waals surface area contributed by atoms with Crippen molar-refractivity contribution in [1.82, 2.24) is 14.7 Å². The first-order chi connectivity index (χ1) is 12.5. The van der Waals surface area contributed by atoms with Crippen molar-refractivity contribution < 1.29 is 9.59 Å². The number of piperazine rings is 1. The van der Waals surface area contributed by atoms with Crippen LogP contribution in [0.25, 0.3) is 0 Å². The maximum Gasteiger partial charge on any atom is 0.321 e. The normalized spacial score (nSPS) is 20.0. The first kappa shape index (κ1) is 18.7. The van der Waals surface area contributed by atoms with Crippen LogP contribution in [0.4, 0.5) is 16.2 Å². The molecule has 2 aliphatic heterocycles. The summed E-state index contributed by atoms with van der Waals surface area (Å²) >= 11 is 0. The number of anilines is 2. The Morgan fingerprint density at radius 1 is 0.962 bits per heavy atom. The van der Waals surface area contributed by atoms with E-state index in [9.17, 15) is 9.59 Å². The van der Waals surface area contributed by atoms with Crippen LogP contribution in [-0.4, -0.2) is 79.0 Å². The van der Waals surface area contributed by atoms with Gasteiger partial charge in [0, 0.05) is 50.5 Å². The zero-order chi connectivity index (χ0) is 18.5. The Labute approximate surface area is 155 Å². The second-order valence-corrected chi connectivity index (χ2v) is 7.25. The van der Waals surface area contributed by atoms with E-state index in [0.717, 1.165) is 39.3 Å². The quantitative estimate of drug-likeness (QED) is 0.865. The van der Waals surface area contributed by atoms with Gasteiger partial charge in [0.2, 0.25) is 5.91 Å². The third-order valence-electron chi connectivity index (χ3n) is 5.24. The van der Waals surface area contributed by atoms with Crippen LogP contribution < -0.4 is 10.6 Å². The summed E-state index contributed by atoms with van der Waals surface area (Å²) in [7, 11) is 2.18. The number of nitrogens with zero attached hydrogens (tertiary/aromatic N) is 3. The second kappa shape index (κ2) is 8.51. The number of hydrogen-bond donors (Lipinski definition) is 2. The molecule has 1 aromatic carbocycles. The number of carbonyl (C=O) groups is 2. The molecule has 0 saturated carbocycles. The number of benzene rings is 1. The van der Waals surface area contributed by atoms with Crippen LogP contribution in [-0.2, 0) is 4.79 Å². The first-order valence-corrected chi connectivity index (χ1v) is 9.37. The fourth-order valence-electron chi connectivity index (χ4n) is 3.73. The highest BCUT2D eigenvalue weighted by molar-refractivity contribution is 5.92. The molecular weight excluding hydrogens is 330 g/mol. The minimum Gasteiger partial charge on any atom is -0.326 e. The third-order valence-corrected chi connectivity index (χ3v) is 5.24. The average Bonchev–Trinajstić information content (AvgIpc) is 2.62. The van der Waals surface area contributed by atoms with Crippen LogP contribution in [0.2, 0.25) is 0 Å². The van der Waals surface area contributed by atoms with E-state index < -0.39 is 0 Å². The number of nitrogens with one attached hydrogen (secondary N) is 2. The lowest BCUT2D eigenvalue weighted by molar-refractivity contribution is -0.114. The van der Waals surface area contributed by atoms with Gasteiger partial charge in [-0.15, -0.1) is 0 Å². The Hall–Kier alpha value is -2.12. The molecule has 2 saturated heterocycles. The molecule has 7 nitrogen and oxygen atoms in total. The zero-order valence-corrected chi connectivity index (χ0v) is 15.7. The van der Waals surface area contributed by atoms with Crippen LogP contribution in [0.1, 0.15) is 19.8 Å². The molecule has 0 aliphatic carbocycles. The zero-order valence-electron chi connectivity index (χ0n) is 15.7. The Morgan fingerprint density at radius 2 is 1.58 bits per heavy atom. The standard InChI is InChI=1S/C19H29N5O2/c1-15(25)20-16-4-3-5-17(14-16)21-19(26)24-12-10-23(11-13-24)18-6-8-22(2)9-7-18/h3-5,14,18H,6-13H2,1-2H3,(H,20,25)(H,21,26). The van der Waals surface area contributed by atoms with Gasteiger partial charge < -0.3 is 20.4 Å². The smallest absolute Gasteiger partial charge is 0.321 e. The van der Waals surface area contributed by atoms with Crippen LogP contribution in [0.3, 0.4) is 0 Å². The molecule has 2 fully saturated rings. The highest BCUT2D eigenvalue weighted by Gasteiger charge is 2.28. The van der Waals surface area contributed by atoms with E-state index in [0.29, 0.717) is 17.4 Å². The fourth-order valence-corrected chi connectivity index (χ4v) is 3.73. The molecule has 0 atom stereocenters. The lowest BCUT2D eigenvalue weighted by Crippen LogP contribution is -2.54. The van der Waals surface area contributed by atoms with E-state index in [1.54, 1.807) is 12.1 Å². The first-order valence-electron chi connectivity index (χ1n) is 9.37. The summed E-state index contributed by atoms with van der Waals surface area (Å²) < 4.78 is 0. The Bertz CT molecular complexity index is 635. The Balaban J connectivity index is 1.48. The molecule has 3 amide bonds. The summed E-state index contributed by atoms with van der Waals surface area (Å²) in [5.41, 5.74) is 1.38. The number of hydrogen-bond acceptors (Lipinski definition) is 4. The number of likely N-dealkylation sites (tertiary alicyclic amines) is 1. The molecule has 2 heterocycles. The molecular formula is C19H29N5O2. The molecule has 0 spiro atoms. The minimum atomic E-state index is -0.126. The average molecular weight is 359 g/mol. The largest absolute Gasteiger partial charge is 0.326 e. The molecule has 142 valence electrons. The molecule has 2 aliphatic rings. The molecule has 3 rings (SSSR count). The molecule has 7 heteroatoms. The van der Waals surface area contributed by atoms with Crippen molar-refractivity contribution in [2.45, 2.75) is 25.8 Å². The van der Waals surface area contributed by atoms with Crippen LogP contribution in [0.15, 0.2) is 24.3 Å². The molecule has 0 aromatic heterocycles. The number of piperidine rings is 1. The number of amides is 3.